The van der Waals surface area contributed by atoms with Crippen LogP contribution in [0.25, 0.3) is 0 Å². The summed E-state index contributed by atoms with van der Waals surface area (Å²) < 4.78 is 0.633. The molecule has 1 aromatic carbocycles. The number of aliphatic imine (C=N–C) groups is 1. The Kier molecular flexibility index (Phi) is 4.22. The number of carbonyl (C=O) groups is 1. The van der Waals surface area contributed by atoms with E-state index in [-0.39, 0.29) is 5.91 Å². The first kappa shape index (κ1) is 11.3. The molecule has 1 aromatic rings. The summed E-state index contributed by atoms with van der Waals surface area (Å²) in [5.41, 5.74) is 0.607. The molecule has 4 heteroatoms. The van der Waals surface area contributed by atoms with Gasteiger partial charge in [0.05, 0.1) is 0 Å². The quantitative estimate of drug-likeness (QED) is 0.430. The van der Waals surface area contributed by atoms with Gasteiger partial charge in [-0.05, 0) is 24.6 Å². The van der Waals surface area contributed by atoms with Crippen molar-refractivity contribution in [3.8, 4) is 0 Å². The van der Waals surface area contributed by atoms with Crippen molar-refractivity contribution in [3.63, 3.8) is 0 Å². The Bertz CT molecular complexity index is 346. The summed E-state index contributed by atoms with van der Waals surface area (Å²) in [7, 11) is -0.391. The molecule has 1 rings (SSSR count). The van der Waals surface area contributed by atoms with E-state index in [1.807, 2.05) is 30.7 Å². The average Bonchev–Trinajstić information content (AvgIpc) is 2.19. The summed E-state index contributed by atoms with van der Waals surface area (Å²) in [6.07, 6.45) is 4.03. The molecule has 0 N–H and O–H groups in total. The zero-order valence-electron chi connectivity index (χ0n) is 8.14. The van der Waals surface area contributed by atoms with Gasteiger partial charge in [0.2, 0.25) is 0 Å². The highest BCUT2D eigenvalue weighted by Crippen LogP contribution is 2.19. The third-order valence-corrected chi connectivity index (χ3v) is 3.82. The third-order valence-electron chi connectivity index (χ3n) is 1.62. The zero-order valence-corrected chi connectivity index (χ0v) is 9.93. The summed E-state index contributed by atoms with van der Waals surface area (Å²) in [5.74, 6) is -0.216. The van der Waals surface area contributed by atoms with E-state index in [1.165, 1.54) is 0 Å². The van der Waals surface area contributed by atoms with E-state index in [1.54, 1.807) is 12.1 Å². The molecule has 0 aliphatic rings. The molecule has 0 fully saturated rings. The molecule has 0 spiro atoms. The van der Waals surface area contributed by atoms with Crippen LogP contribution in [0.1, 0.15) is 10.4 Å². The molecule has 1 amide bonds. The van der Waals surface area contributed by atoms with Crippen molar-refractivity contribution in [3.05, 3.63) is 35.9 Å². The highest BCUT2D eigenvalue weighted by Gasteiger charge is 2.04. The van der Waals surface area contributed by atoms with Gasteiger partial charge in [-0.1, -0.05) is 18.2 Å². The maximum atomic E-state index is 11.5. The smallest absolute Gasteiger partial charge is 0.267 e. The van der Waals surface area contributed by atoms with Gasteiger partial charge in [0.1, 0.15) is 4.38 Å². The Morgan fingerprint density at radius 2 is 1.86 bits per heavy atom. The minimum atomic E-state index is -0.391. The van der Waals surface area contributed by atoms with E-state index in [4.69, 9.17) is 0 Å². The van der Waals surface area contributed by atoms with E-state index in [0.29, 0.717) is 9.94 Å². The third kappa shape index (κ3) is 3.20. The number of nitrogens with zero attached hydrogens (tertiary/aromatic N) is 1. The van der Waals surface area contributed by atoms with Crippen LogP contribution in [-0.2, 0) is 0 Å². The molecule has 0 saturated heterocycles. The van der Waals surface area contributed by atoms with Gasteiger partial charge < -0.3 is 0 Å². The van der Waals surface area contributed by atoms with Crippen LogP contribution in [0.2, 0.25) is 0 Å². The number of rotatable bonds is 1. The lowest BCUT2D eigenvalue weighted by molar-refractivity contribution is 0.100. The van der Waals surface area contributed by atoms with Gasteiger partial charge >= 0.3 is 0 Å². The van der Waals surface area contributed by atoms with Crippen LogP contribution in [0, 0.1) is 0 Å². The zero-order chi connectivity index (χ0) is 10.6. The summed E-state index contributed by atoms with van der Waals surface area (Å²) in [5, 5.41) is 0. The molecule has 0 unspecified atom stereocenters. The standard InChI is InChI=1S/C10H13NOS2/c1-14(2)10(13)11-9(12)8-6-4-3-5-7-8/h3-7,14H,1-2H3,(H,11,12,13). The van der Waals surface area contributed by atoms with Crippen LogP contribution in [0.4, 0.5) is 0 Å². The van der Waals surface area contributed by atoms with Crippen molar-refractivity contribution in [2.75, 3.05) is 12.5 Å². The van der Waals surface area contributed by atoms with Gasteiger partial charge in [-0.3, -0.25) is 4.79 Å². The maximum absolute atomic E-state index is 11.5. The van der Waals surface area contributed by atoms with Crippen LogP contribution in [0.15, 0.2) is 35.3 Å². The molecule has 0 heterocycles. The van der Waals surface area contributed by atoms with Crippen LogP contribution in [0.3, 0.4) is 0 Å². The maximum Gasteiger partial charge on any atom is 0.278 e. The summed E-state index contributed by atoms with van der Waals surface area (Å²) in [6, 6.07) is 9.01. The van der Waals surface area contributed by atoms with E-state index in [2.05, 4.69) is 17.6 Å². The van der Waals surface area contributed by atoms with E-state index in [0.717, 1.165) is 0 Å². The average molecular weight is 227 g/mol. The first-order valence-corrected chi connectivity index (χ1v) is 6.84. The number of hydrogen-bond donors (Lipinski definition) is 2. The van der Waals surface area contributed by atoms with E-state index >= 15 is 0 Å². The van der Waals surface area contributed by atoms with Crippen molar-refractivity contribution in [2.45, 2.75) is 0 Å². The minimum Gasteiger partial charge on any atom is -0.267 e. The van der Waals surface area contributed by atoms with Gasteiger partial charge in [0.15, 0.2) is 0 Å². The highest BCUT2D eigenvalue weighted by atomic mass is 32.2. The molecule has 0 atom stereocenters. The molecule has 0 radical (unpaired) electrons. The predicted molar refractivity (Wildman–Crippen MR) is 68.0 cm³/mol. The van der Waals surface area contributed by atoms with Crippen molar-refractivity contribution >= 4 is 33.8 Å². The second-order valence-corrected chi connectivity index (χ2v) is 5.97. The number of hydrogen-bond acceptors (Lipinski definition) is 1. The number of benzene rings is 1. The molecule has 0 aliphatic carbocycles. The summed E-state index contributed by atoms with van der Waals surface area (Å²) >= 11 is 4.17. The van der Waals surface area contributed by atoms with Crippen molar-refractivity contribution in [2.24, 2.45) is 4.99 Å². The Hall–Kier alpha value is -0.740. The second-order valence-electron chi connectivity index (χ2n) is 2.98. The fraction of sp³-hybridized carbons (Fsp3) is 0.200. The molecule has 0 bridgehead atoms. The Balaban J connectivity index is 2.83. The summed E-state index contributed by atoms with van der Waals surface area (Å²) in [6.45, 7) is 0. The van der Waals surface area contributed by atoms with Crippen LogP contribution >= 0.6 is 23.5 Å². The molecule has 76 valence electrons. The molecule has 0 aliphatic heterocycles. The Morgan fingerprint density at radius 1 is 1.29 bits per heavy atom. The van der Waals surface area contributed by atoms with Crippen molar-refractivity contribution in [1.82, 2.24) is 0 Å². The molecule has 2 nitrogen and oxygen atoms in total. The van der Waals surface area contributed by atoms with E-state index in [9.17, 15) is 4.79 Å². The van der Waals surface area contributed by atoms with Crippen LogP contribution in [0.5, 0.6) is 0 Å². The van der Waals surface area contributed by atoms with Gasteiger partial charge in [-0.2, -0.15) is 4.99 Å². The first-order chi connectivity index (χ1) is 6.61. The minimum absolute atomic E-state index is 0.216. The molecule has 14 heavy (non-hydrogen) atoms. The highest BCUT2D eigenvalue weighted by molar-refractivity contribution is 8.42. The van der Waals surface area contributed by atoms with Gasteiger partial charge in [0, 0.05) is 5.56 Å². The molecule has 0 saturated carbocycles. The fourth-order valence-corrected chi connectivity index (χ4v) is 1.22. The topological polar surface area (TPSA) is 29.4 Å². The lowest BCUT2D eigenvalue weighted by atomic mass is 10.2. The van der Waals surface area contributed by atoms with Gasteiger partial charge in [-0.15, -0.1) is 12.6 Å². The largest absolute Gasteiger partial charge is 0.278 e. The number of thiol groups is 2. The molecular weight excluding hydrogens is 214 g/mol. The fourth-order valence-electron chi connectivity index (χ4n) is 0.836. The van der Waals surface area contributed by atoms with Gasteiger partial charge in [0.25, 0.3) is 5.91 Å². The first-order valence-electron chi connectivity index (χ1n) is 4.15. The normalized spacial score (nSPS) is 12.5. The van der Waals surface area contributed by atoms with E-state index < -0.39 is 10.9 Å². The van der Waals surface area contributed by atoms with Gasteiger partial charge in [-0.25, -0.2) is 10.9 Å². The van der Waals surface area contributed by atoms with Crippen LogP contribution < -0.4 is 0 Å². The summed E-state index contributed by atoms with van der Waals surface area (Å²) in [4.78, 5) is 15.5. The number of carbonyl (C=O) groups excluding carboxylic acids is 1. The van der Waals surface area contributed by atoms with Crippen molar-refractivity contribution < 1.29 is 4.79 Å². The Morgan fingerprint density at radius 3 is 2.36 bits per heavy atom. The van der Waals surface area contributed by atoms with Crippen LogP contribution in [-0.4, -0.2) is 22.8 Å². The number of amides is 1. The second kappa shape index (κ2) is 5.22. The lowest BCUT2D eigenvalue weighted by Gasteiger charge is -2.05. The predicted octanol–water partition coefficient (Wildman–Crippen LogP) is 2.37. The lowest BCUT2D eigenvalue weighted by Crippen LogP contribution is -1.98. The molecule has 0 aromatic heterocycles. The SMILES string of the molecule is C[SH](C)C(S)=NC(=O)c1ccccc1. The molecular formula is C10H13NOS2. The Labute approximate surface area is 92.2 Å². The monoisotopic (exact) mass is 227 g/mol. The van der Waals surface area contributed by atoms with Crippen molar-refractivity contribution in [1.29, 1.82) is 0 Å².